The summed E-state index contributed by atoms with van der Waals surface area (Å²) in [7, 11) is 0. The zero-order valence-electron chi connectivity index (χ0n) is 8.93. The van der Waals surface area contributed by atoms with E-state index in [4.69, 9.17) is 0 Å². The van der Waals surface area contributed by atoms with E-state index in [9.17, 15) is 4.79 Å². The molecular weight excluding hydrogens is 220 g/mol. The van der Waals surface area contributed by atoms with Crippen LogP contribution in [0.15, 0.2) is 36.4 Å². The van der Waals surface area contributed by atoms with Gasteiger partial charge in [-0.15, -0.1) is 0 Å². The van der Waals surface area contributed by atoms with Crippen molar-refractivity contribution in [2.24, 2.45) is 0 Å². The average molecular weight is 232 g/mol. The van der Waals surface area contributed by atoms with Gasteiger partial charge < -0.3 is 5.32 Å². The van der Waals surface area contributed by atoms with E-state index in [1.54, 1.807) is 6.07 Å². The van der Waals surface area contributed by atoms with E-state index in [0.717, 1.165) is 11.3 Å². The van der Waals surface area contributed by atoms with Gasteiger partial charge >= 0.3 is 0 Å². The van der Waals surface area contributed by atoms with Crippen LogP contribution < -0.4 is 5.32 Å². The number of nitrogens with zero attached hydrogens (tertiary/aromatic N) is 1. The zero-order chi connectivity index (χ0) is 11.4. The van der Waals surface area contributed by atoms with E-state index in [2.05, 4.69) is 9.69 Å². The number of carbonyl (C=O) groups is 1. The van der Waals surface area contributed by atoms with Gasteiger partial charge in [0.25, 0.3) is 5.91 Å². The van der Waals surface area contributed by atoms with Crippen molar-refractivity contribution in [3.05, 3.63) is 52.5 Å². The summed E-state index contributed by atoms with van der Waals surface area (Å²) in [6.07, 6.45) is 0. The van der Waals surface area contributed by atoms with Crippen molar-refractivity contribution in [3.63, 3.8) is 0 Å². The topological polar surface area (TPSA) is 42.0 Å². The Morgan fingerprint density at radius 1 is 1.38 bits per heavy atom. The Balaban J connectivity index is 1.94. The monoisotopic (exact) mass is 232 g/mol. The quantitative estimate of drug-likeness (QED) is 0.882. The Morgan fingerprint density at radius 3 is 2.75 bits per heavy atom. The molecule has 0 bridgehead atoms. The number of hydrogen-bond donors (Lipinski definition) is 1. The Labute approximate surface area is 98.3 Å². The van der Waals surface area contributed by atoms with Crippen LogP contribution in [0.4, 0.5) is 0 Å². The minimum absolute atomic E-state index is 0.0607. The van der Waals surface area contributed by atoms with Crippen LogP contribution in [-0.2, 0) is 6.54 Å². The molecule has 0 aliphatic heterocycles. The lowest BCUT2D eigenvalue weighted by molar-refractivity contribution is 0.0955. The molecule has 0 saturated carbocycles. The van der Waals surface area contributed by atoms with E-state index in [1.165, 1.54) is 11.5 Å². The molecule has 0 aliphatic rings. The van der Waals surface area contributed by atoms with Gasteiger partial charge in [0.15, 0.2) is 0 Å². The van der Waals surface area contributed by atoms with Crippen LogP contribution in [-0.4, -0.2) is 10.3 Å². The zero-order valence-corrected chi connectivity index (χ0v) is 9.75. The largest absolute Gasteiger partial charge is 0.347 e. The van der Waals surface area contributed by atoms with Crippen LogP contribution in [0.5, 0.6) is 0 Å². The summed E-state index contributed by atoms with van der Waals surface area (Å²) in [6, 6.07) is 11.6. The lowest BCUT2D eigenvalue weighted by Gasteiger charge is -2.02. The molecule has 0 radical (unpaired) electrons. The molecule has 0 fully saturated rings. The molecule has 0 aliphatic carbocycles. The molecule has 0 spiro atoms. The highest BCUT2D eigenvalue weighted by molar-refractivity contribution is 7.08. The third-order valence-corrected chi connectivity index (χ3v) is 3.03. The Morgan fingerprint density at radius 2 is 2.12 bits per heavy atom. The van der Waals surface area contributed by atoms with Crippen LogP contribution in [0.25, 0.3) is 0 Å². The predicted molar refractivity (Wildman–Crippen MR) is 64.5 cm³/mol. The molecule has 4 heteroatoms. The summed E-state index contributed by atoms with van der Waals surface area (Å²) in [5.74, 6) is -0.0607. The van der Waals surface area contributed by atoms with E-state index in [0.29, 0.717) is 11.4 Å². The summed E-state index contributed by atoms with van der Waals surface area (Å²) >= 11 is 1.23. The highest BCUT2D eigenvalue weighted by Crippen LogP contribution is 2.09. The standard InChI is InChI=1S/C12H12N2OS/c1-9-7-11(16-14-9)12(15)13-8-10-5-3-2-4-6-10/h2-7H,8H2,1H3,(H,13,15). The second-order valence-corrected chi connectivity index (χ2v) is 4.31. The molecule has 1 heterocycles. The number of hydrogen-bond acceptors (Lipinski definition) is 3. The van der Waals surface area contributed by atoms with Gasteiger partial charge in [-0.1, -0.05) is 30.3 Å². The molecule has 0 saturated heterocycles. The Kier molecular flexibility index (Phi) is 3.31. The molecule has 0 unspecified atom stereocenters. The van der Waals surface area contributed by atoms with Gasteiger partial charge in [0.1, 0.15) is 4.88 Å². The van der Waals surface area contributed by atoms with Gasteiger partial charge in [0, 0.05) is 6.54 Å². The first kappa shape index (κ1) is 10.8. The summed E-state index contributed by atoms with van der Waals surface area (Å²) in [6.45, 7) is 2.43. The second kappa shape index (κ2) is 4.90. The average Bonchev–Trinajstić information content (AvgIpc) is 2.74. The first-order chi connectivity index (χ1) is 7.75. The molecule has 1 N–H and O–H groups in total. The van der Waals surface area contributed by atoms with Gasteiger partial charge in [0.05, 0.1) is 5.69 Å². The summed E-state index contributed by atoms with van der Waals surface area (Å²) in [5.41, 5.74) is 1.98. The second-order valence-electron chi connectivity index (χ2n) is 3.50. The van der Waals surface area contributed by atoms with Crippen LogP contribution in [0.3, 0.4) is 0 Å². The fraction of sp³-hybridized carbons (Fsp3) is 0.167. The van der Waals surface area contributed by atoms with Crippen LogP contribution in [0.1, 0.15) is 20.9 Å². The third kappa shape index (κ3) is 2.67. The minimum Gasteiger partial charge on any atom is -0.347 e. The molecule has 3 nitrogen and oxygen atoms in total. The molecule has 1 aromatic heterocycles. The number of benzene rings is 1. The predicted octanol–water partition coefficient (Wildman–Crippen LogP) is 2.38. The van der Waals surface area contributed by atoms with Crippen molar-refractivity contribution in [2.45, 2.75) is 13.5 Å². The Bertz CT molecular complexity index is 479. The van der Waals surface area contributed by atoms with Crippen molar-refractivity contribution < 1.29 is 4.79 Å². The summed E-state index contributed by atoms with van der Waals surface area (Å²) < 4.78 is 4.07. The molecule has 2 rings (SSSR count). The smallest absolute Gasteiger partial charge is 0.263 e. The van der Waals surface area contributed by atoms with Crippen LogP contribution in [0, 0.1) is 6.92 Å². The van der Waals surface area contributed by atoms with Gasteiger partial charge in [-0.05, 0) is 30.1 Å². The van der Waals surface area contributed by atoms with E-state index in [1.807, 2.05) is 37.3 Å². The highest BCUT2D eigenvalue weighted by atomic mass is 32.1. The number of amides is 1. The maximum Gasteiger partial charge on any atom is 0.263 e. The lowest BCUT2D eigenvalue weighted by atomic mass is 10.2. The number of rotatable bonds is 3. The molecule has 1 amide bonds. The Hall–Kier alpha value is -1.68. The molecule has 82 valence electrons. The lowest BCUT2D eigenvalue weighted by Crippen LogP contribution is -2.21. The van der Waals surface area contributed by atoms with E-state index in [-0.39, 0.29) is 5.91 Å². The molecular formula is C12H12N2OS. The number of aryl methyl sites for hydroxylation is 1. The maximum atomic E-state index is 11.7. The first-order valence-electron chi connectivity index (χ1n) is 5.01. The number of carbonyl (C=O) groups excluding carboxylic acids is 1. The highest BCUT2D eigenvalue weighted by Gasteiger charge is 2.07. The van der Waals surface area contributed by atoms with Crippen molar-refractivity contribution >= 4 is 17.4 Å². The van der Waals surface area contributed by atoms with Gasteiger partial charge in [-0.3, -0.25) is 4.79 Å². The van der Waals surface area contributed by atoms with Crippen molar-refractivity contribution in [1.82, 2.24) is 9.69 Å². The molecule has 16 heavy (non-hydrogen) atoms. The van der Waals surface area contributed by atoms with Crippen molar-refractivity contribution in [1.29, 1.82) is 0 Å². The minimum atomic E-state index is -0.0607. The SMILES string of the molecule is Cc1cc(C(=O)NCc2ccccc2)sn1. The molecule has 2 aromatic rings. The van der Waals surface area contributed by atoms with Crippen molar-refractivity contribution in [2.75, 3.05) is 0 Å². The molecule has 0 atom stereocenters. The summed E-state index contributed by atoms with van der Waals surface area (Å²) in [5, 5.41) is 2.86. The van der Waals surface area contributed by atoms with Crippen LogP contribution in [0.2, 0.25) is 0 Å². The third-order valence-electron chi connectivity index (χ3n) is 2.15. The van der Waals surface area contributed by atoms with E-state index >= 15 is 0 Å². The van der Waals surface area contributed by atoms with Gasteiger partial charge in [-0.25, -0.2) is 0 Å². The summed E-state index contributed by atoms with van der Waals surface area (Å²) in [4.78, 5) is 12.4. The fourth-order valence-corrected chi connectivity index (χ4v) is 2.01. The normalized spacial score (nSPS) is 10.1. The van der Waals surface area contributed by atoms with Crippen molar-refractivity contribution in [3.8, 4) is 0 Å². The maximum absolute atomic E-state index is 11.7. The van der Waals surface area contributed by atoms with E-state index < -0.39 is 0 Å². The number of nitrogens with one attached hydrogen (secondary N) is 1. The van der Waals surface area contributed by atoms with Gasteiger partial charge in [-0.2, -0.15) is 4.37 Å². The number of aromatic nitrogens is 1. The first-order valence-corrected chi connectivity index (χ1v) is 5.78. The fourth-order valence-electron chi connectivity index (χ4n) is 1.34. The van der Waals surface area contributed by atoms with Gasteiger partial charge in [0.2, 0.25) is 0 Å². The van der Waals surface area contributed by atoms with Crippen LogP contribution >= 0.6 is 11.5 Å². The molecule has 1 aromatic carbocycles.